The van der Waals surface area contributed by atoms with Gasteiger partial charge in [-0.1, -0.05) is 26.3 Å². The van der Waals surface area contributed by atoms with E-state index in [9.17, 15) is 9.59 Å². The average molecular weight is 242 g/mol. The van der Waals surface area contributed by atoms with Gasteiger partial charge in [-0.3, -0.25) is 4.79 Å². The molecule has 3 heteroatoms. The van der Waals surface area contributed by atoms with Gasteiger partial charge in [0.05, 0.1) is 0 Å². The first-order valence-electron chi connectivity index (χ1n) is 5.91. The predicted octanol–water partition coefficient (Wildman–Crippen LogP) is 2.92. The number of ketones is 2. The van der Waals surface area contributed by atoms with Crippen LogP contribution in [0.15, 0.2) is 11.6 Å². The molecule has 0 fully saturated rings. The smallest absolute Gasteiger partial charge is 0.156 e. The molecule has 0 amide bonds. The van der Waals surface area contributed by atoms with Gasteiger partial charge in [0.15, 0.2) is 5.78 Å². The van der Waals surface area contributed by atoms with Crippen LogP contribution >= 0.6 is 0 Å². The first kappa shape index (κ1) is 18.4. The zero-order valence-corrected chi connectivity index (χ0v) is 12.0. The van der Waals surface area contributed by atoms with Crippen molar-refractivity contribution in [2.24, 2.45) is 5.41 Å². The Labute approximate surface area is 105 Å². The molecule has 17 heavy (non-hydrogen) atoms. The van der Waals surface area contributed by atoms with Crippen molar-refractivity contribution in [3.8, 4) is 0 Å². The summed E-state index contributed by atoms with van der Waals surface area (Å²) >= 11 is 0. The van der Waals surface area contributed by atoms with E-state index in [1.807, 2.05) is 13.8 Å². The lowest BCUT2D eigenvalue weighted by Gasteiger charge is -2.27. The normalized spacial score (nSPS) is 16.9. The second kappa shape index (κ2) is 9.11. The van der Waals surface area contributed by atoms with Gasteiger partial charge in [-0.15, -0.1) is 0 Å². The van der Waals surface area contributed by atoms with Gasteiger partial charge in [0.25, 0.3) is 0 Å². The molecule has 100 valence electrons. The number of carbonyl (C=O) groups excluding carboxylic acids is 2. The molecule has 1 aliphatic carbocycles. The number of aliphatic hydroxyl groups is 1. The van der Waals surface area contributed by atoms with Crippen molar-refractivity contribution in [3.63, 3.8) is 0 Å². The van der Waals surface area contributed by atoms with Crippen LogP contribution in [0.3, 0.4) is 0 Å². The van der Waals surface area contributed by atoms with Crippen LogP contribution in [0.2, 0.25) is 0 Å². The average Bonchev–Trinajstić information content (AvgIpc) is 2.17. The number of carbonyl (C=O) groups is 2. The molecule has 1 aliphatic rings. The van der Waals surface area contributed by atoms with Gasteiger partial charge in [-0.05, 0) is 31.8 Å². The Kier molecular flexibility index (Phi) is 9.86. The van der Waals surface area contributed by atoms with E-state index in [2.05, 4.69) is 13.8 Å². The summed E-state index contributed by atoms with van der Waals surface area (Å²) in [6.45, 7) is 9.74. The van der Waals surface area contributed by atoms with Crippen molar-refractivity contribution < 1.29 is 14.7 Å². The number of Topliss-reactive ketones (excluding diaryl/α,β-unsaturated/α-hetero) is 1. The third-order valence-electron chi connectivity index (χ3n) is 2.32. The zero-order chi connectivity index (χ0) is 14.1. The first-order chi connectivity index (χ1) is 7.76. The summed E-state index contributed by atoms with van der Waals surface area (Å²) in [5.41, 5.74) is 1.43. The molecule has 0 atom stereocenters. The molecule has 0 bridgehead atoms. The molecule has 0 unspecified atom stereocenters. The maximum atomic E-state index is 11.0. The van der Waals surface area contributed by atoms with Gasteiger partial charge in [0, 0.05) is 20.0 Å². The molecule has 0 aromatic heterocycles. The Morgan fingerprint density at radius 3 is 2.00 bits per heavy atom. The van der Waals surface area contributed by atoms with E-state index in [0.29, 0.717) is 12.8 Å². The van der Waals surface area contributed by atoms with Crippen molar-refractivity contribution in [3.05, 3.63) is 11.6 Å². The maximum absolute atomic E-state index is 11.0. The highest BCUT2D eigenvalue weighted by atomic mass is 16.2. The molecule has 3 nitrogen and oxygen atoms in total. The van der Waals surface area contributed by atoms with Crippen LogP contribution in [-0.4, -0.2) is 23.8 Å². The number of rotatable bonds is 1. The van der Waals surface area contributed by atoms with Crippen molar-refractivity contribution in [2.45, 2.75) is 53.9 Å². The lowest BCUT2D eigenvalue weighted by atomic mass is 9.77. The Hall–Kier alpha value is -0.960. The lowest BCUT2D eigenvalue weighted by Crippen LogP contribution is -2.20. The fourth-order valence-corrected chi connectivity index (χ4v) is 1.67. The van der Waals surface area contributed by atoms with E-state index in [0.717, 1.165) is 13.5 Å². The van der Waals surface area contributed by atoms with Crippen LogP contribution in [0.25, 0.3) is 0 Å². The maximum Gasteiger partial charge on any atom is 0.156 e. The number of aliphatic hydroxyl groups excluding tert-OH is 1. The van der Waals surface area contributed by atoms with E-state index < -0.39 is 0 Å². The second-order valence-corrected chi connectivity index (χ2v) is 5.03. The van der Waals surface area contributed by atoms with Crippen LogP contribution in [0, 0.1) is 5.41 Å². The fraction of sp³-hybridized carbons (Fsp3) is 0.714. The van der Waals surface area contributed by atoms with Crippen molar-refractivity contribution in [2.75, 3.05) is 7.11 Å². The number of hydrogen-bond donors (Lipinski definition) is 1. The summed E-state index contributed by atoms with van der Waals surface area (Å²) in [4.78, 5) is 20.8. The summed E-state index contributed by atoms with van der Waals surface area (Å²) < 4.78 is 0. The molecular formula is C14H26O3. The monoisotopic (exact) mass is 242 g/mol. The molecular weight excluding hydrogens is 216 g/mol. The van der Waals surface area contributed by atoms with Gasteiger partial charge in [-0.25, -0.2) is 0 Å². The summed E-state index contributed by atoms with van der Waals surface area (Å²) in [7, 11) is 1.00. The highest BCUT2D eigenvalue weighted by Crippen LogP contribution is 2.32. The van der Waals surface area contributed by atoms with Gasteiger partial charge in [0.2, 0.25) is 0 Å². The molecule has 0 radical (unpaired) electrons. The molecule has 1 N–H and O–H groups in total. The SMILES string of the molecule is CC1=CC(=O)CC(C)(C)C1.CCC(C)=O.CO. The highest BCUT2D eigenvalue weighted by molar-refractivity contribution is 5.91. The van der Waals surface area contributed by atoms with E-state index >= 15 is 0 Å². The predicted molar refractivity (Wildman–Crippen MR) is 70.9 cm³/mol. The molecule has 0 aliphatic heterocycles. The molecule has 0 heterocycles. The summed E-state index contributed by atoms with van der Waals surface area (Å²) in [6.07, 6.45) is 4.22. The highest BCUT2D eigenvalue weighted by Gasteiger charge is 2.25. The Morgan fingerprint density at radius 2 is 1.76 bits per heavy atom. The van der Waals surface area contributed by atoms with Crippen LogP contribution in [-0.2, 0) is 9.59 Å². The number of hydrogen-bond acceptors (Lipinski definition) is 3. The topological polar surface area (TPSA) is 54.4 Å². The molecule has 0 aromatic carbocycles. The van der Waals surface area contributed by atoms with Crippen molar-refractivity contribution in [1.82, 2.24) is 0 Å². The van der Waals surface area contributed by atoms with Crippen LogP contribution in [0.4, 0.5) is 0 Å². The fourth-order valence-electron chi connectivity index (χ4n) is 1.67. The first-order valence-corrected chi connectivity index (χ1v) is 5.91. The molecule has 1 rings (SSSR count). The van der Waals surface area contributed by atoms with E-state index in [4.69, 9.17) is 5.11 Å². The minimum atomic E-state index is 0.204. The Balaban J connectivity index is 0. The molecule has 0 saturated heterocycles. The lowest BCUT2D eigenvalue weighted by molar-refractivity contribution is -0.117. The van der Waals surface area contributed by atoms with Crippen LogP contribution < -0.4 is 0 Å². The Morgan fingerprint density at radius 1 is 1.35 bits per heavy atom. The van der Waals surface area contributed by atoms with E-state index in [-0.39, 0.29) is 17.0 Å². The second-order valence-electron chi connectivity index (χ2n) is 5.03. The van der Waals surface area contributed by atoms with Crippen LogP contribution in [0.1, 0.15) is 53.9 Å². The van der Waals surface area contributed by atoms with E-state index in [1.54, 1.807) is 13.0 Å². The summed E-state index contributed by atoms with van der Waals surface area (Å²) in [5.74, 6) is 0.541. The largest absolute Gasteiger partial charge is 0.400 e. The standard InChI is InChI=1S/C9H14O.C4H8O.CH4O/c1-7-4-8(10)6-9(2,3)5-7;1-3-4(2)5;1-2/h4H,5-6H2,1-3H3;3H2,1-2H3;2H,1H3. The third-order valence-corrected chi connectivity index (χ3v) is 2.32. The summed E-state index contributed by atoms with van der Waals surface area (Å²) in [5, 5.41) is 7.00. The van der Waals surface area contributed by atoms with Gasteiger partial charge in [-0.2, -0.15) is 0 Å². The van der Waals surface area contributed by atoms with Crippen LogP contribution in [0.5, 0.6) is 0 Å². The molecule has 0 spiro atoms. The zero-order valence-electron chi connectivity index (χ0n) is 12.0. The van der Waals surface area contributed by atoms with Gasteiger partial charge in [0.1, 0.15) is 5.78 Å². The molecule has 0 aromatic rings. The third kappa shape index (κ3) is 11.3. The van der Waals surface area contributed by atoms with Gasteiger partial charge >= 0.3 is 0 Å². The quantitative estimate of drug-likeness (QED) is 0.769. The van der Waals surface area contributed by atoms with Crippen molar-refractivity contribution >= 4 is 11.6 Å². The minimum Gasteiger partial charge on any atom is -0.400 e. The van der Waals surface area contributed by atoms with Crippen molar-refractivity contribution in [1.29, 1.82) is 0 Å². The van der Waals surface area contributed by atoms with E-state index in [1.165, 1.54) is 5.57 Å². The Bertz CT molecular complexity index is 275. The summed E-state index contributed by atoms with van der Waals surface area (Å²) in [6, 6.07) is 0. The molecule has 0 saturated carbocycles. The minimum absolute atomic E-state index is 0.204. The van der Waals surface area contributed by atoms with Gasteiger partial charge < -0.3 is 9.90 Å². The number of allylic oxidation sites excluding steroid dienone is 2.